The Labute approximate surface area is 177 Å². The van der Waals surface area contributed by atoms with Crippen LogP contribution in [0.4, 0.5) is 5.88 Å². The number of anilines is 1. The van der Waals surface area contributed by atoms with E-state index in [1.807, 2.05) is 30.3 Å². The van der Waals surface area contributed by atoms with Crippen LogP contribution in [0.25, 0.3) is 11.7 Å². The summed E-state index contributed by atoms with van der Waals surface area (Å²) in [5.74, 6) is 2.71. The Morgan fingerprint density at radius 1 is 1.10 bits per heavy atom. The maximum Gasteiger partial charge on any atom is 0.266 e. The predicted octanol–water partition coefficient (Wildman–Crippen LogP) is 4.29. The summed E-state index contributed by atoms with van der Waals surface area (Å²) in [6.45, 7) is 6.96. The van der Waals surface area contributed by atoms with Gasteiger partial charge in [-0.05, 0) is 42.9 Å². The number of likely N-dealkylation sites (N-methyl/N-ethyl adjacent to an activating group) is 1. The number of furan rings is 1. The third-order valence-electron chi connectivity index (χ3n) is 4.89. The molecule has 3 aromatic rings. The quantitative estimate of drug-likeness (QED) is 0.547. The number of ether oxygens (including phenoxy) is 1. The van der Waals surface area contributed by atoms with Crippen molar-refractivity contribution >= 4 is 21.8 Å². The molecule has 29 heavy (non-hydrogen) atoms. The van der Waals surface area contributed by atoms with Gasteiger partial charge in [-0.15, -0.1) is 0 Å². The molecule has 8 heteroatoms. The van der Waals surface area contributed by atoms with Gasteiger partial charge in [0.25, 0.3) is 5.89 Å². The number of nitriles is 1. The zero-order valence-electron chi connectivity index (χ0n) is 16.1. The fraction of sp³-hybridized carbons (Fsp3) is 0.333. The Balaban J connectivity index is 1.46. The van der Waals surface area contributed by atoms with Crippen LogP contribution in [-0.2, 0) is 6.61 Å². The average Bonchev–Trinajstić information content (AvgIpc) is 3.40. The van der Waals surface area contributed by atoms with Crippen molar-refractivity contribution in [3.8, 4) is 23.5 Å². The van der Waals surface area contributed by atoms with E-state index in [4.69, 9.17) is 13.6 Å². The topological polar surface area (TPSA) is 78.7 Å². The van der Waals surface area contributed by atoms with Gasteiger partial charge in [0.2, 0.25) is 11.6 Å². The average molecular weight is 457 g/mol. The minimum atomic E-state index is 0.286. The summed E-state index contributed by atoms with van der Waals surface area (Å²) in [7, 11) is 0. The first-order valence-corrected chi connectivity index (χ1v) is 10.3. The molecule has 0 amide bonds. The van der Waals surface area contributed by atoms with Crippen LogP contribution in [0.1, 0.15) is 18.4 Å². The second-order valence-corrected chi connectivity index (χ2v) is 7.63. The number of rotatable bonds is 6. The van der Waals surface area contributed by atoms with Gasteiger partial charge in [-0.3, -0.25) is 0 Å². The highest BCUT2D eigenvalue weighted by Crippen LogP contribution is 2.30. The number of benzene rings is 1. The lowest BCUT2D eigenvalue weighted by Crippen LogP contribution is -2.46. The molecule has 1 fully saturated rings. The minimum absolute atomic E-state index is 0.286. The van der Waals surface area contributed by atoms with Gasteiger partial charge in [0.15, 0.2) is 5.76 Å². The summed E-state index contributed by atoms with van der Waals surface area (Å²) >= 11 is 3.40. The third kappa shape index (κ3) is 4.47. The van der Waals surface area contributed by atoms with Crippen molar-refractivity contribution in [1.82, 2.24) is 9.88 Å². The van der Waals surface area contributed by atoms with Crippen molar-refractivity contribution in [1.29, 1.82) is 5.26 Å². The highest BCUT2D eigenvalue weighted by atomic mass is 79.9. The molecular formula is C21H21BrN4O3. The van der Waals surface area contributed by atoms with Crippen LogP contribution in [0.3, 0.4) is 0 Å². The number of nitrogens with zero attached hydrogens (tertiary/aromatic N) is 4. The molecule has 7 nitrogen and oxygen atoms in total. The standard InChI is InChI=1S/C21H21BrN4O3/c1-2-25-9-11-26(12-10-25)21-18(13-23)24-20(29-21)19-8-7-17(28-19)14-27-16-5-3-15(22)4-6-16/h3-8H,2,9-12,14H2,1H3. The molecule has 150 valence electrons. The molecule has 0 bridgehead atoms. The second-order valence-electron chi connectivity index (χ2n) is 6.71. The molecule has 3 heterocycles. The Hall–Kier alpha value is -2.76. The van der Waals surface area contributed by atoms with Crippen molar-refractivity contribution in [2.45, 2.75) is 13.5 Å². The first kappa shape index (κ1) is 19.6. The normalized spacial score (nSPS) is 14.7. The Morgan fingerprint density at radius 2 is 1.86 bits per heavy atom. The van der Waals surface area contributed by atoms with Crippen molar-refractivity contribution in [3.63, 3.8) is 0 Å². The van der Waals surface area contributed by atoms with Crippen LogP contribution >= 0.6 is 15.9 Å². The molecule has 0 radical (unpaired) electrons. The number of halogens is 1. The van der Waals surface area contributed by atoms with Crippen molar-refractivity contribution in [3.05, 3.63) is 52.3 Å². The maximum absolute atomic E-state index is 9.48. The van der Waals surface area contributed by atoms with E-state index in [2.05, 4.69) is 43.7 Å². The highest BCUT2D eigenvalue weighted by Gasteiger charge is 2.25. The predicted molar refractivity (Wildman–Crippen MR) is 112 cm³/mol. The van der Waals surface area contributed by atoms with Crippen molar-refractivity contribution in [2.24, 2.45) is 0 Å². The molecule has 0 spiro atoms. The van der Waals surface area contributed by atoms with Crippen LogP contribution < -0.4 is 9.64 Å². The zero-order valence-corrected chi connectivity index (χ0v) is 17.7. The molecule has 0 saturated carbocycles. The van der Waals surface area contributed by atoms with Gasteiger partial charge in [0.05, 0.1) is 0 Å². The lowest BCUT2D eigenvalue weighted by atomic mass is 10.3. The van der Waals surface area contributed by atoms with Gasteiger partial charge >= 0.3 is 0 Å². The summed E-state index contributed by atoms with van der Waals surface area (Å²) in [6, 6.07) is 13.3. The van der Waals surface area contributed by atoms with Crippen LogP contribution in [-0.4, -0.2) is 42.6 Å². The second kappa shape index (κ2) is 8.72. The molecule has 0 N–H and O–H groups in total. The molecule has 0 unspecified atom stereocenters. The lowest BCUT2D eigenvalue weighted by Gasteiger charge is -2.33. The number of oxazole rings is 1. The van der Waals surface area contributed by atoms with Crippen LogP contribution in [0, 0.1) is 11.3 Å². The molecule has 2 aromatic heterocycles. The summed E-state index contributed by atoms with van der Waals surface area (Å²) in [5, 5.41) is 9.48. The Bertz CT molecular complexity index is 998. The van der Waals surface area contributed by atoms with E-state index in [0.717, 1.165) is 42.9 Å². The maximum atomic E-state index is 9.48. The molecular weight excluding hydrogens is 436 g/mol. The fourth-order valence-electron chi connectivity index (χ4n) is 3.23. The summed E-state index contributed by atoms with van der Waals surface area (Å²) in [6.07, 6.45) is 0. The van der Waals surface area contributed by atoms with Gasteiger partial charge in [0, 0.05) is 30.7 Å². The van der Waals surface area contributed by atoms with E-state index in [-0.39, 0.29) is 5.69 Å². The van der Waals surface area contributed by atoms with E-state index in [0.29, 0.717) is 29.9 Å². The largest absolute Gasteiger partial charge is 0.486 e. The van der Waals surface area contributed by atoms with E-state index in [9.17, 15) is 5.26 Å². The van der Waals surface area contributed by atoms with E-state index >= 15 is 0 Å². The van der Waals surface area contributed by atoms with Crippen LogP contribution in [0.15, 0.2) is 49.7 Å². The smallest absolute Gasteiger partial charge is 0.266 e. The number of hydrogen-bond donors (Lipinski definition) is 0. The zero-order chi connectivity index (χ0) is 20.2. The molecule has 1 aliphatic heterocycles. The van der Waals surface area contributed by atoms with Gasteiger partial charge in [0.1, 0.15) is 24.2 Å². The molecule has 1 saturated heterocycles. The summed E-state index contributed by atoms with van der Waals surface area (Å²) in [4.78, 5) is 8.77. The number of piperazine rings is 1. The first-order chi connectivity index (χ1) is 14.2. The number of hydrogen-bond acceptors (Lipinski definition) is 7. The van der Waals surface area contributed by atoms with Crippen molar-refractivity contribution < 1.29 is 13.6 Å². The lowest BCUT2D eigenvalue weighted by molar-refractivity contribution is 0.266. The van der Waals surface area contributed by atoms with E-state index in [1.165, 1.54) is 0 Å². The molecule has 1 aliphatic rings. The van der Waals surface area contributed by atoms with Gasteiger partial charge in [-0.25, -0.2) is 0 Å². The van der Waals surface area contributed by atoms with Crippen LogP contribution in [0.2, 0.25) is 0 Å². The minimum Gasteiger partial charge on any atom is -0.486 e. The van der Waals surface area contributed by atoms with Gasteiger partial charge in [-0.1, -0.05) is 22.9 Å². The molecule has 0 aliphatic carbocycles. The molecule has 0 atom stereocenters. The molecule has 4 rings (SSSR count). The monoisotopic (exact) mass is 456 g/mol. The number of aromatic nitrogens is 1. The third-order valence-corrected chi connectivity index (χ3v) is 5.42. The highest BCUT2D eigenvalue weighted by molar-refractivity contribution is 9.10. The SMILES string of the molecule is CCN1CCN(c2oc(-c3ccc(COc4ccc(Br)cc4)o3)nc2C#N)CC1. The van der Waals surface area contributed by atoms with E-state index in [1.54, 1.807) is 6.07 Å². The first-order valence-electron chi connectivity index (χ1n) is 9.52. The Kier molecular flexibility index (Phi) is 5.88. The Morgan fingerprint density at radius 3 is 2.55 bits per heavy atom. The van der Waals surface area contributed by atoms with Gasteiger partial charge < -0.3 is 23.4 Å². The fourth-order valence-corrected chi connectivity index (χ4v) is 3.49. The summed E-state index contributed by atoms with van der Waals surface area (Å²) < 4.78 is 18.5. The van der Waals surface area contributed by atoms with Crippen LogP contribution in [0.5, 0.6) is 5.75 Å². The van der Waals surface area contributed by atoms with E-state index < -0.39 is 0 Å². The molecule has 1 aromatic carbocycles. The van der Waals surface area contributed by atoms with Crippen molar-refractivity contribution in [2.75, 3.05) is 37.6 Å². The van der Waals surface area contributed by atoms with Gasteiger partial charge in [-0.2, -0.15) is 10.2 Å². The summed E-state index contributed by atoms with van der Waals surface area (Å²) in [5.41, 5.74) is 0.286.